The lowest BCUT2D eigenvalue weighted by Gasteiger charge is -2.00. The van der Waals surface area contributed by atoms with Crippen LogP contribution in [-0.2, 0) is 0 Å². The van der Waals surface area contributed by atoms with Gasteiger partial charge in [0.05, 0.1) is 13.8 Å². The van der Waals surface area contributed by atoms with Crippen molar-refractivity contribution in [3.05, 3.63) is 63.5 Å². The fourth-order valence-corrected chi connectivity index (χ4v) is 2.03. The van der Waals surface area contributed by atoms with Gasteiger partial charge in [0.25, 0.3) is 0 Å². The van der Waals surface area contributed by atoms with Crippen LogP contribution < -0.4 is 0 Å². The van der Waals surface area contributed by atoms with Crippen molar-refractivity contribution >= 4 is 27.8 Å². The lowest BCUT2D eigenvalue weighted by Crippen LogP contribution is -1.85. The van der Waals surface area contributed by atoms with E-state index in [0.717, 1.165) is 27.1 Å². The van der Waals surface area contributed by atoms with Gasteiger partial charge in [-0.05, 0) is 23.8 Å². The predicted molar refractivity (Wildman–Crippen MR) is 77.2 cm³/mol. The molecule has 0 aliphatic carbocycles. The van der Waals surface area contributed by atoms with Crippen molar-refractivity contribution in [2.24, 2.45) is 0 Å². The number of aliphatic hydroxyl groups excluding tert-OH is 1. The quantitative estimate of drug-likeness (QED) is 0.625. The Labute approximate surface area is 115 Å². The Kier molecular flexibility index (Phi) is 3.82. The van der Waals surface area contributed by atoms with Crippen molar-refractivity contribution in [1.82, 2.24) is 0 Å². The van der Waals surface area contributed by atoms with Crippen molar-refractivity contribution in [3.63, 3.8) is 0 Å². The first-order valence-corrected chi connectivity index (χ1v) is 6.42. The van der Waals surface area contributed by atoms with Crippen LogP contribution in [0.15, 0.2) is 45.3 Å². The number of hydrogen-bond donors (Lipinski definition) is 1. The maximum atomic E-state index is 10.1. The molecular weight excluding hydrogens is 292 g/mol. The lowest BCUT2D eigenvalue weighted by molar-refractivity contribution is 0.485. The normalized spacial score (nSPS) is 11.6. The number of halogens is 1. The van der Waals surface area contributed by atoms with E-state index in [9.17, 15) is 5.11 Å². The molecule has 2 aromatic rings. The Morgan fingerprint density at radius 2 is 1.67 bits per heavy atom. The van der Waals surface area contributed by atoms with Gasteiger partial charge in [0.15, 0.2) is 0 Å². The third kappa shape index (κ3) is 3.20. The summed E-state index contributed by atoms with van der Waals surface area (Å²) in [6.07, 6.45) is 1.73. The molecule has 1 aromatic carbocycles. The van der Waals surface area contributed by atoms with E-state index in [1.54, 1.807) is 6.08 Å². The van der Waals surface area contributed by atoms with E-state index in [4.69, 9.17) is 4.42 Å². The number of aryl methyl sites for hydroxylation is 2. The fraction of sp³-hybridized carbons (Fsp3) is 0.133. The molecule has 0 radical (unpaired) electrons. The third-order valence-electron chi connectivity index (χ3n) is 2.51. The lowest BCUT2D eigenvalue weighted by atomic mass is 10.1. The highest BCUT2D eigenvalue weighted by Gasteiger charge is 2.07. The van der Waals surface area contributed by atoms with Gasteiger partial charge in [-0.25, -0.2) is 4.42 Å². The monoisotopic (exact) mass is 305 g/mol. The maximum absolute atomic E-state index is 10.1. The summed E-state index contributed by atoms with van der Waals surface area (Å²) in [6.45, 7) is 3.78. The molecule has 0 atom stereocenters. The molecule has 1 aromatic heterocycles. The first kappa shape index (κ1) is 12.8. The number of hydrogen-bond acceptors (Lipinski definition) is 1. The van der Waals surface area contributed by atoms with Gasteiger partial charge in [0.2, 0.25) is 0 Å². The molecule has 2 rings (SSSR count). The standard InChI is InChI=1S/C15H13BrO2/c1-10-7-12(8-11(2)18-10)9-15(17)13-3-5-14(16)6-4-13/h3-9H,1-2H3/p+1/b15-9-. The Bertz CT molecular complexity index is 566. The van der Waals surface area contributed by atoms with Crippen molar-refractivity contribution in [2.75, 3.05) is 0 Å². The van der Waals surface area contributed by atoms with E-state index in [1.165, 1.54) is 0 Å². The molecule has 0 fully saturated rings. The third-order valence-corrected chi connectivity index (χ3v) is 3.03. The Balaban J connectivity index is 2.35. The van der Waals surface area contributed by atoms with Gasteiger partial charge in [0, 0.05) is 22.2 Å². The Morgan fingerprint density at radius 3 is 2.22 bits per heavy atom. The van der Waals surface area contributed by atoms with Crippen molar-refractivity contribution < 1.29 is 9.52 Å². The van der Waals surface area contributed by atoms with Gasteiger partial charge < -0.3 is 5.11 Å². The molecule has 0 amide bonds. The zero-order chi connectivity index (χ0) is 13.1. The molecule has 92 valence electrons. The summed E-state index contributed by atoms with van der Waals surface area (Å²) in [4.78, 5) is 0. The molecule has 0 aliphatic rings. The topological polar surface area (TPSA) is 31.5 Å². The highest BCUT2D eigenvalue weighted by molar-refractivity contribution is 9.10. The molecule has 3 heteroatoms. The molecule has 0 unspecified atom stereocenters. The van der Waals surface area contributed by atoms with Gasteiger partial charge in [-0.2, -0.15) is 0 Å². The van der Waals surface area contributed by atoms with Crippen LogP contribution in [0.5, 0.6) is 0 Å². The molecule has 0 saturated carbocycles. The SMILES string of the molecule is Cc1cc(/C=C(\O)c2ccc(Br)cc2)cc(C)[o+]1. The minimum absolute atomic E-state index is 0.243. The van der Waals surface area contributed by atoms with Crippen molar-refractivity contribution in [3.8, 4) is 0 Å². The summed E-state index contributed by atoms with van der Waals surface area (Å²) in [5.74, 6) is 1.89. The van der Waals surface area contributed by atoms with E-state index in [0.29, 0.717) is 0 Å². The van der Waals surface area contributed by atoms with Crippen molar-refractivity contribution in [2.45, 2.75) is 13.8 Å². The molecular formula is C15H14BrO2+. The average Bonchev–Trinajstić information content (AvgIpc) is 2.28. The van der Waals surface area contributed by atoms with Gasteiger partial charge in [0.1, 0.15) is 5.76 Å². The zero-order valence-electron chi connectivity index (χ0n) is 10.3. The second-order valence-electron chi connectivity index (χ2n) is 4.15. The highest BCUT2D eigenvalue weighted by atomic mass is 79.9. The second kappa shape index (κ2) is 5.36. The van der Waals surface area contributed by atoms with Crippen LogP contribution in [0, 0.1) is 13.8 Å². The van der Waals surface area contributed by atoms with Crippen molar-refractivity contribution in [1.29, 1.82) is 0 Å². The van der Waals surface area contributed by atoms with Crippen LogP contribution in [-0.4, -0.2) is 5.11 Å². The van der Waals surface area contributed by atoms with E-state index in [-0.39, 0.29) is 5.76 Å². The minimum Gasteiger partial charge on any atom is -0.507 e. The molecule has 0 spiro atoms. The van der Waals surface area contributed by atoms with Gasteiger partial charge in [-0.1, -0.05) is 28.1 Å². The Hall–Kier alpha value is -1.61. The number of rotatable bonds is 2. The number of aliphatic hydroxyl groups is 1. The summed E-state index contributed by atoms with van der Waals surface area (Å²) >= 11 is 3.37. The largest absolute Gasteiger partial charge is 0.507 e. The summed E-state index contributed by atoms with van der Waals surface area (Å²) in [6, 6.07) is 11.3. The van der Waals surface area contributed by atoms with Crippen LogP contribution in [0.4, 0.5) is 0 Å². The molecule has 1 heterocycles. The zero-order valence-corrected chi connectivity index (χ0v) is 11.9. The summed E-state index contributed by atoms with van der Waals surface area (Å²) < 4.78 is 6.39. The molecule has 0 aliphatic heterocycles. The highest BCUT2D eigenvalue weighted by Crippen LogP contribution is 2.19. The smallest absolute Gasteiger partial charge is 0.327 e. The van der Waals surface area contributed by atoms with E-state index in [2.05, 4.69) is 15.9 Å². The van der Waals surface area contributed by atoms with Crippen LogP contribution in [0.3, 0.4) is 0 Å². The predicted octanol–water partition coefficient (Wildman–Crippen LogP) is 5.00. The molecule has 1 N–H and O–H groups in total. The molecule has 18 heavy (non-hydrogen) atoms. The first-order valence-electron chi connectivity index (χ1n) is 5.62. The first-order chi connectivity index (χ1) is 8.54. The van der Waals surface area contributed by atoms with E-state index < -0.39 is 0 Å². The average molecular weight is 306 g/mol. The van der Waals surface area contributed by atoms with Gasteiger partial charge in [-0.3, -0.25) is 0 Å². The second-order valence-corrected chi connectivity index (χ2v) is 5.06. The fourth-order valence-electron chi connectivity index (χ4n) is 1.77. The molecule has 0 saturated heterocycles. The van der Waals surface area contributed by atoms with Crippen LogP contribution >= 0.6 is 15.9 Å². The summed E-state index contributed by atoms with van der Waals surface area (Å²) in [7, 11) is 0. The molecule has 2 nitrogen and oxygen atoms in total. The summed E-state index contributed by atoms with van der Waals surface area (Å²) in [5.41, 5.74) is 1.71. The summed E-state index contributed by atoms with van der Waals surface area (Å²) in [5, 5.41) is 10.1. The Morgan fingerprint density at radius 1 is 1.11 bits per heavy atom. The van der Waals surface area contributed by atoms with Gasteiger partial charge >= 0.3 is 11.5 Å². The van der Waals surface area contributed by atoms with Crippen LogP contribution in [0.1, 0.15) is 22.6 Å². The van der Waals surface area contributed by atoms with E-state index in [1.807, 2.05) is 50.2 Å². The van der Waals surface area contributed by atoms with Crippen LogP contribution in [0.2, 0.25) is 0 Å². The maximum Gasteiger partial charge on any atom is 0.327 e. The van der Waals surface area contributed by atoms with Crippen LogP contribution in [0.25, 0.3) is 11.8 Å². The van der Waals surface area contributed by atoms with E-state index >= 15 is 0 Å². The molecule has 0 bridgehead atoms. The van der Waals surface area contributed by atoms with Gasteiger partial charge in [-0.15, -0.1) is 0 Å². The number of benzene rings is 1. The minimum atomic E-state index is 0.243.